The number of amides is 1. The number of ether oxygens (including phenoxy) is 2. The van der Waals surface area contributed by atoms with Gasteiger partial charge in [-0.25, -0.2) is 4.79 Å². The van der Waals surface area contributed by atoms with Crippen molar-refractivity contribution < 1.29 is 24.2 Å². The van der Waals surface area contributed by atoms with Crippen LogP contribution in [-0.4, -0.2) is 42.8 Å². The van der Waals surface area contributed by atoms with Gasteiger partial charge in [0.1, 0.15) is 0 Å². The topological polar surface area (TPSA) is 84.9 Å². The number of hydrogen-bond donors (Lipinski definition) is 2. The number of esters is 1. The van der Waals surface area contributed by atoms with Gasteiger partial charge in [0, 0.05) is 19.6 Å². The lowest BCUT2D eigenvalue weighted by Crippen LogP contribution is -2.47. The Hall–Kier alpha value is -2.34. The molecule has 1 heterocycles. The fraction of sp³-hybridized carbons (Fsp3) is 0.412. The maximum atomic E-state index is 12.3. The Labute approximate surface area is 135 Å². The summed E-state index contributed by atoms with van der Waals surface area (Å²) in [5.41, 5.74) is -0.737. The van der Waals surface area contributed by atoms with Gasteiger partial charge in [-0.15, -0.1) is 0 Å². The number of carbonyl (C=O) groups excluding carboxylic acids is 2. The molecule has 0 spiro atoms. The standard InChI is InChI=1S/C17H21NO5/c1-11(12-7-5-4-6-8-12)13-14(19)17(2,23-15(13)20)16(21)18-9-10-22-3/h4-8,11,19H,9-10H2,1-3H3,(H,18,21). The van der Waals surface area contributed by atoms with Crippen LogP contribution in [-0.2, 0) is 19.1 Å². The molecule has 2 atom stereocenters. The number of methoxy groups -OCH3 is 1. The Morgan fingerprint density at radius 3 is 2.65 bits per heavy atom. The van der Waals surface area contributed by atoms with Crippen molar-refractivity contribution in [3.63, 3.8) is 0 Å². The highest BCUT2D eigenvalue weighted by molar-refractivity contribution is 6.01. The first-order valence-corrected chi connectivity index (χ1v) is 7.41. The minimum absolute atomic E-state index is 0.112. The quantitative estimate of drug-likeness (QED) is 0.615. The molecule has 124 valence electrons. The number of cyclic esters (lactones) is 1. The largest absolute Gasteiger partial charge is 0.507 e. The van der Waals surface area contributed by atoms with Crippen molar-refractivity contribution in [3.05, 3.63) is 47.2 Å². The summed E-state index contributed by atoms with van der Waals surface area (Å²) < 4.78 is 10.0. The van der Waals surface area contributed by atoms with Crippen LogP contribution >= 0.6 is 0 Å². The Kier molecular flexibility index (Phi) is 5.05. The molecule has 2 rings (SSSR count). The Morgan fingerprint density at radius 1 is 1.39 bits per heavy atom. The second-order valence-corrected chi connectivity index (χ2v) is 5.57. The lowest BCUT2D eigenvalue weighted by Gasteiger charge is -2.22. The number of aliphatic hydroxyl groups is 1. The van der Waals surface area contributed by atoms with Crippen molar-refractivity contribution in [2.24, 2.45) is 0 Å². The van der Waals surface area contributed by atoms with Crippen molar-refractivity contribution in [1.82, 2.24) is 5.32 Å². The molecule has 0 saturated heterocycles. The summed E-state index contributed by atoms with van der Waals surface area (Å²) in [6, 6.07) is 9.27. The van der Waals surface area contributed by atoms with E-state index in [1.54, 1.807) is 6.92 Å². The summed E-state index contributed by atoms with van der Waals surface area (Å²) in [7, 11) is 1.51. The highest BCUT2D eigenvalue weighted by Crippen LogP contribution is 2.38. The van der Waals surface area contributed by atoms with E-state index >= 15 is 0 Å². The van der Waals surface area contributed by atoms with Gasteiger partial charge in [0.15, 0.2) is 5.76 Å². The minimum Gasteiger partial charge on any atom is -0.507 e. The molecule has 6 heteroatoms. The number of benzene rings is 1. The Morgan fingerprint density at radius 2 is 2.04 bits per heavy atom. The molecule has 0 bridgehead atoms. The molecule has 1 aliphatic heterocycles. The number of nitrogens with one attached hydrogen (secondary N) is 1. The average Bonchev–Trinajstić information content (AvgIpc) is 2.78. The molecule has 6 nitrogen and oxygen atoms in total. The summed E-state index contributed by atoms with van der Waals surface area (Å²) in [5.74, 6) is -1.97. The zero-order chi connectivity index (χ0) is 17.0. The summed E-state index contributed by atoms with van der Waals surface area (Å²) >= 11 is 0. The molecule has 1 aromatic rings. The Bertz CT molecular complexity index is 625. The van der Waals surface area contributed by atoms with Gasteiger partial charge in [-0.1, -0.05) is 37.3 Å². The van der Waals surface area contributed by atoms with Gasteiger partial charge in [0.05, 0.1) is 12.2 Å². The molecular formula is C17H21NO5. The molecule has 1 amide bonds. The van der Waals surface area contributed by atoms with Crippen LogP contribution in [0.1, 0.15) is 25.3 Å². The second-order valence-electron chi connectivity index (χ2n) is 5.57. The first kappa shape index (κ1) is 17.0. The summed E-state index contributed by atoms with van der Waals surface area (Å²) in [4.78, 5) is 24.5. The van der Waals surface area contributed by atoms with Crippen LogP contribution in [0, 0.1) is 0 Å². The molecule has 0 aromatic heterocycles. The van der Waals surface area contributed by atoms with Gasteiger partial charge in [-0.05, 0) is 12.5 Å². The van der Waals surface area contributed by atoms with E-state index in [-0.39, 0.29) is 23.8 Å². The average molecular weight is 319 g/mol. The highest BCUT2D eigenvalue weighted by Gasteiger charge is 2.51. The van der Waals surface area contributed by atoms with E-state index in [1.165, 1.54) is 14.0 Å². The van der Waals surface area contributed by atoms with E-state index in [2.05, 4.69) is 5.32 Å². The van der Waals surface area contributed by atoms with E-state index in [0.717, 1.165) is 5.56 Å². The van der Waals surface area contributed by atoms with E-state index in [4.69, 9.17) is 9.47 Å². The van der Waals surface area contributed by atoms with Gasteiger partial charge < -0.3 is 19.9 Å². The third-order valence-corrected chi connectivity index (χ3v) is 3.98. The predicted molar refractivity (Wildman–Crippen MR) is 83.9 cm³/mol. The highest BCUT2D eigenvalue weighted by atomic mass is 16.6. The van der Waals surface area contributed by atoms with Gasteiger partial charge in [0.2, 0.25) is 5.60 Å². The fourth-order valence-electron chi connectivity index (χ4n) is 2.52. The van der Waals surface area contributed by atoms with Crippen LogP contribution < -0.4 is 5.32 Å². The van der Waals surface area contributed by atoms with Crippen molar-refractivity contribution in [2.45, 2.75) is 25.4 Å². The molecule has 23 heavy (non-hydrogen) atoms. The first-order valence-electron chi connectivity index (χ1n) is 7.41. The van der Waals surface area contributed by atoms with Gasteiger partial charge >= 0.3 is 5.97 Å². The van der Waals surface area contributed by atoms with E-state index in [9.17, 15) is 14.7 Å². The molecular weight excluding hydrogens is 298 g/mol. The minimum atomic E-state index is -1.71. The summed E-state index contributed by atoms with van der Waals surface area (Å²) in [6.45, 7) is 3.76. The molecule has 1 aliphatic rings. The van der Waals surface area contributed by atoms with Crippen molar-refractivity contribution in [1.29, 1.82) is 0 Å². The third-order valence-electron chi connectivity index (χ3n) is 3.98. The maximum Gasteiger partial charge on any atom is 0.339 e. The molecule has 2 unspecified atom stereocenters. The number of carbonyl (C=O) groups is 2. The van der Waals surface area contributed by atoms with Crippen molar-refractivity contribution >= 4 is 11.9 Å². The number of hydrogen-bond acceptors (Lipinski definition) is 5. The summed E-state index contributed by atoms with van der Waals surface area (Å²) in [5, 5.41) is 13.1. The van der Waals surface area contributed by atoms with Crippen LogP contribution in [0.25, 0.3) is 0 Å². The molecule has 0 aliphatic carbocycles. The lowest BCUT2D eigenvalue weighted by molar-refractivity contribution is -0.157. The SMILES string of the molecule is COCCNC(=O)C1(C)OC(=O)C(C(C)c2ccccc2)=C1O. The van der Waals surface area contributed by atoms with Crippen molar-refractivity contribution in [3.8, 4) is 0 Å². The third kappa shape index (κ3) is 3.22. The molecule has 0 saturated carbocycles. The lowest BCUT2D eigenvalue weighted by atomic mass is 9.90. The Balaban J connectivity index is 2.27. The van der Waals surface area contributed by atoms with Crippen LogP contribution in [0.4, 0.5) is 0 Å². The number of rotatable bonds is 6. The molecule has 1 aromatic carbocycles. The zero-order valence-electron chi connectivity index (χ0n) is 13.5. The van der Waals surface area contributed by atoms with Crippen LogP contribution in [0.2, 0.25) is 0 Å². The second kappa shape index (κ2) is 6.83. The maximum absolute atomic E-state index is 12.3. The molecule has 0 radical (unpaired) electrons. The fourth-order valence-corrected chi connectivity index (χ4v) is 2.52. The zero-order valence-corrected chi connectivity index (χ0v) is 13.5. The smallest absolute Gasteiger partial charge is 0.339 e. The van der Waals surface area contributed by atoms with Gasteiger partial charge in [0.25, 0.3) is 5.91 Å². The predicted octanol–water partition coefficient (Wildman–Crippen LogP) is 1.68. The molecule has 2 N–H and O–H groups in total. The normalized spacial score (nSPS) is 22.0. The number of aliphatic hydroxyl groups excluding tert-OH is 1. The monoisotopic (exact) mass is 319 g/mol. The van der Waals surface area contributed by atoms with E-state index in [0.29, 0.717) is 6.61 Å². The van der Waals surface area contributed by atoms with Crippen LogP contribution in [0.15, 0.2) is 41.7 Å². The molecule has 0 fully saturated rings. The van der Waals surface area contributed by atoms with Gasteiger partial charge in [-0.2, -0.15) is 0 Å². The van der Waals surface area contributed by atoms with Gasteiger partial charge in [-0.3, -0.25) is 4.79 Å². The van der Waals surface area contributed by atoms with Crippen LogP contribution in [0.5, 0.6) is 0 Å². The van der Waals surface area contributed by atoms with Crippen molar-refractivity contribution in [2.75, 3.05) is 20.3 Å². The van der Waals surface area contributed by atoms with E-state index in [1.807, 2.05) is 30.3 Å². The first-order chi connectivity index (χ1) is 10.9. The van der Waals surface area contributed by atoms with E-state index < -0.39 is 17.5 Å². The summed E-state index contributed by atoms with van der Waals surface area (Å²) in [6.07, 6.45) is 0. The van der Waals surface area contributed by atoms with Crippen LogP contribution in [0.3, 0.4) is 0 Å².